The number of halogens is 1. The zero-order valence-corrected chi connectivity index (χ0v) is 13.8. The summed E-state index contributed by atoms with van der Waals surface area (Å²) in [4.78, 5) is 12.4. The topological polar surface area (TPSA) is 72.2 Å². The summed E-state index contributed by atoms with van der Waals surface area (Å²) in [5, 5.41) is 2.71. The van der Waals surface area contributed by atoms with Gasteiger partial charge in [-0.3, -0.25) is 9.00 Å². The maximum absolute atomic E-state index is 12.2. The van der Waals surface area contributed by atoms with Crippen LogP contribution >= 0.6 is 15.9 Å². The molecular weight excluding hydrogens is 352 g/mol. The van der Waals surface area contributed by atoms with Crippen molar-refractivity contribution < 1.29 is 9.00 Å². The molecule has 110 valence electrons. The van der Waals surface area contributed by atoms with Crippen molar-refractivity contribution >= 4 is 44.0 Å². The summed E-state index contributed by atoms with van der Waals surface area (Å²) < 4.78 is 13.2. The summed E-state index contributed by atoms with van der Waals surface area (Å²) in [7, 11) is -1.46. The Morgan fingerprint density at radius 1 is 1.24 bits per heavy atom. The van der Waals surface area contributed by atoms with Gasteiger partial charge in [0.05, 0.1) is 21.4 Å². The van der Waals surface area contributed by atoms with Gasteiger partial charge in [0, 0.05) is 10.2 Å². The number of carbonyl (C=O) groups excluding carboxylic acids is 1. The molecule has 21 heavy (non-hydrogen) atoms. The van der Waals surface area contributed by atoms with Crippen molar-refractivity contribution in [2.75, 3.05) is 16.8 Å². The van der Waals surface area contributed by atoms with E-state index in [1.165, 1.54) is 0 Å². The quantitative estimate of drug-likeness (QED) is 0.816. The first kappa shape index (κ1) is 15.7. The fourth-order valence-corrected chi connectivity index (χ4v) is 3.15. The van der Waals surface area contributed by atoms with Crippen molar-refractivity contribution in [1.82, 2.24) is 0 Å². The number of para-hydroxylation sites is 1. The molecular formula is C15H15BrN2O2S. The van der Waals surface area contributed by atoms with Gasteiger partial charge < -0.3 is 11.1 Å². The fourth-order valence-electron chi connectivity index (χ4n) is 1.78. The molecule has 1 unspecified atom stereocenters. The van der Waals surface area contributed by atoms with E-state index in [4.69, 9.17) is 5.73 Å². The lowest BCUT2D eigenvalue weighted by Gasteiger charge is -2.09. The van der Waals surface area contributed by atoms with Crippen molar-refractivity contribution in [3.8, 4) is 0 Å². The Hall–Kier alpha value is -1.66. The maximum Gasteiger partial charge on any atom is 0.237 e. The predicted molar refractivity (Wildman–Crippen MR) is 89.6 cm³/mol. The SMILES string of the molecule is Cc1cccc(S(=O)CC(=O)Nc2ccc(Br)cc2)c1N. The van der Waals surface area contributed by atoms with Crippen LogP contribution in [0.1, 0.15) is 5.56 Å². The first-order valence-electron chi connectivity index (χ1n) is 6.26. The van der Waals surface area contributed by atoms with Crippen molar-refractivity contribution in [3.63, 3.8) is 0 Å². The average molecular weight is 367 g/mol. The van der Waals surface area contributed by atoms with Crippen LogP contribution in [-0.4, -0.2) is 15.9 Å². The second-order valence-electron chi connectivity index (χ2n) is 4.53. The lowest BCUT2D eigenvalue weighted by atomic mass is 10.2. The number of hydrogen-bond donors (Lipinski definition) is 2. The summed E-state index contributed by atoms with van der Waals surface area (Å²) in [6.45, 7) is 1.85. The molecule has 0 aliphatic carbocycles. The summed E-state index contributed by atoms with van der Waals surface area (Å²) in [5.41, 5.74) is 7.90. The number of amides is 1. The minimum Gasteiger partial charge on any atom is -0.398 e. The highest BCUT2D eigenvalue weighted by molar-refractivity contribution is 9.10. The third-order valence-electron chi connectivity index (χ3n) is 2.92. The van der Waals surface area contributed by atoms with E-state index < -0.39 is 10.8 Å². The van der Waals surface area contributed by atoms with Gasteiger partial charge in [-0.2, -0.15) is 0 Å². The molecule has 4 nitrogen and oxygen atoms in total. The van der Waals surface area contributed by atoms with Crippen LogP contribution in [0.15, 0.2) is 51.8 Å². The molecule has 0 saturated heterocycles. The number of carbonyl (C=O) groups is 1. The van der Waals surface area contributed by atoms with Crippen LogP contribution in [-0.2, 0) is 15.6 Å². The molecule has 0 aromatic heterocycles. The molecule has 2 aromatic carbocycles. The van der Waals surface area contributed by atoms with E-state index >= 15 is 0 Å². The van der Waals surface area contributed by atoms with Crippen molar-refractivity contribution in [2.24, 2.45) is 0 Å². The number of rotatable bonds is 4. The molecule has 0 spiro atoms. The molecule has 0 aliphatic rings. The second-order valence-corrected chi connectivity index (χ2v) is 6.87. The maximum atomic E-state index is 12.2. The van der Waals surface area contributed by atoms with E-state index in [1.807, 2.05) is 25.1 Å². The molecule has 0 saturated carbocycles. The minimum absolute atomic E-state index is 0.121. The van der Waals surface area contributed by atoms with E-state index in [9.17, 15) is 9.00 Å². The van der Waals surface area contributed by atoms with Crippen molar-refractivity contribution in [2.45, 2.75) is 11.8 Å². The number of nitrogens with one attached hydrogen (secondary N) is 1. The first-order chi connectivity index (χ1) is 9.97. The van der Waals surface area contributed by atoms with Crippen LogP contribution < -0.4 is 11.1 Å². The summed E-state index contributed by atoms with van der Waals surface area (Å²) >= 11 is 3.32. The Labute approximate surface area is 134 Å². The van der Waals surface area contributed by atoms with E-state index in [-0.39, 0.29) is 11.7 Å². The lowest BCUT2D eigenvalue weighted by Crippen LogP contribution is -2.20. The van der Waals surface area contributed by atoms with Gasteiger partial charge in [-0.05, 0) is 42.8 Å². The Morgan fingerprint density at radius 3 is 2.57 bits per heavy atom. The molecule has 0 bridgehead atoms. The Morgan fingerprint density at radius 2 is 1.90 bits per heavy atom. The molecule has 3 N–H and O–H groups in total. The standard InChI is InChI=1S/C15H15BrN2O2S/c1-10-3-2-4-13(15(10)17)21(20)9-14(19)18-12-7-5-11(16)6-8-12/h2-8H,9,17H2,1H3,(H,18,19). The summed E-state index contributed by atoms with van der Waals surface area (Å²) in [6, 6.07) is 12.5. The monoisotopic (exact) mass is 366 g/mol. The highest BCUT2D eigenvalue weighted by atomic mass is 79.9. The number of hydrogen-bond acceptors (Lipinski definition) is 3. The van der Waals surface area contributed by atoms with Crippen LogP contribution in [0, 0.1) is 6.92 Å². The predicted octanol–water partition coefficient (Wildman–Crippen LogP) is 3.09. The Bertz CT molecular complexity index is 687. The van der Waals surface area contributed by atoms with Crippen LogP contribution in [0.3, 0.4) is 0 Å². The van der Waals surface area contributed by atoms with Gasteiger partial charge in [-0.1, -0.05) is 28.1 Å². The molecule has 1 atom stereocenters. The molecule has 2 aromatic rings. The first-order valence-corrected chi connectivity index (χ1v) is 8.37. The molecule has 0 radical (unpaired) electrons. The summed E-state index contributed by atoms with van der Waals surface area (Å²) in [6.07, 6.45) is 0. The number of benzene rings is 2. The number of aryl methyl sites for hydroxylation is 1. The molecule has 0 heterocycles. The van der Waals surface area contributed by atoms with Gasteiger partial charge in [-0.15, -0.1) is 0 Å². The average Bonchev–Trinajstić information content (AvgIpc) is 2.44. The van der Waals surface area contributed by atoms with Crippen LogP contribution in [0.25, 0.3) is 0 Å². The fraction of sp³-hybridized carbons (Fsp3) is 0.133. The normalized spacial score (nSPS) is 11.9. The highest BCUT2D eigenvalue weighted by Gasteiger charge is 2.14. The second kappa shape index (κ2) is 6.87. The van der Waals surface area contributed by atoms with Gasteiger partial charge in [0.15, 0.2) is 0 Å². The molecule has 0 aliphatic heterocycles. The van der Waals surface area contributed by atoms with E-state index in [2.05, 4.69) is 21.2 Å². The zero-order chi connectivity index (χ0) is 15.4. The van der Waals surface area contributed by atoms with Gasteiger partial charge in [0.2, 0.25) is 5.91 Å². The Balaban J connectivity index is 2.04. The molecule has 0 fully saturated rings. The number of nitrogen functional groups attached to an aromatic ring is 1. The van der Waals surface area contributed by atoms with E-state index in [1.54, 1.807) is 24.3 Å². The van der Waals surface area contributed by atoms with Crippen molar-refractivity contribution in [3.05, 3.63) is 52.5 Å². The number of anilines is 2. The van der Waals surface area contributed by atoms with Gasteiger partial charge in [0.1, 0.15) is 5.75 Å². The highest BCUT2D eigenvalue weighted by Crippen LogP contribution is 2.20. The molecule has 2 rings (SSSR count). The smallest absolute Gasteiger partial charge is 0.237 e. The van der Waals surface area contributed by atoms with E-state index in [0.29, 0.717) is 16.3 Å². The van der Waals surface area contributed by atoms with E-state index in [0.717, 1.165) is 10.0 Å². The largest absolute Gasteiger partial charge is 0.398 e. The minimum atomic E-state index is -1.46. The van der Waals surface area contributed by atoms with Gasteiger partial charge in [0.25, 0.3) is 0 Å². The zero-order valence-electron chi connectivity index (χ0n) is 11.4. The molecule has 6 heteroatoms. The number of nitrogens with two attached hydrogens (primary N) is 1. The van der Waals surface area contributed by atoms with Crippen molar-refractivity contribution in [1.29, 1.82) is 0 Å². The van der Waals surface area contributed by atoms with Gasteiger partial charge in [-0.25, -0.2) is 0 Å². The van der Waals surface area contributed by atoms with Crippen LogP contribution in [0.4, 0.5) is 11.4 Å². The Kier molecular flexibility index (Phi) is 5.14. The van der Waals surface area contributed by atoms with Crippen LogP contribution in [0.2, 0.25) is 0 Å². The lowest BCUT2D eigenvalue weighted by molar-refractivity contribution is -0.113. The third kappa shape index (κ3) is 4.15. The summed E-state index contributed by atoms with van der Waals surface area (Å²) in [5.74, 6) is -0.430. The third-order valence-corrected chi connectivity index (χ3v) is 4.82. The van der Waals surface area contributed by atoms with Gasteiger partial charge >= 0.3 is 0 Å². The molecule has 1 amide bonds. The van der Waals surface area contributed by atoms with Crippen LogP contribution in [0.5, 0.6) is 0 Å².